The monoisotopic (exact) mass is 266 g/mol. The first-order valence-corrected chi connectivity index (χ1v) is 6.63. The zero-order valence-electron chi connectivity index (χ0n) is 9.48. The molecule has 1 N–H and O–H groups in total. The molecule has 0 unspecified atom stereocenters. The van der Waals surface area contributed by atoms with E-state index < -0.39 is 21.4 Å². The van der Waals surface area contributed by atoms with Crippen LogP contribution in [0.15, 0.2) is 23.1 Å². The minimum atomic E-state index is -3.89. The van der Waals surface area contributed by atoms with Gasteiger partial charge in [-0.3, -0.25) is 0 Å². The van der Waals surface area contributed by atoms with Crippen LogP contribution >= 0.6 is 0 Å². The number of benzene rings is 1. The average molecular weight is 266 g/mol. The maximum Gasteiger partial charge on any atom is 0.241 e. The van der Waals surface area contributed by atoms with Crippen LogP contribution in [0.2, 0.25) is 0 Å². The summed E-state index contributed by atoms with van der Waals surface area (Å²) in [5.41, 5.74) is -0.484. The number of rotatable bonds is 5. The van der Waals surface area contributed by atoms with Crippen LogP contribution < -0.4 is 4.72 Å². The Labute approximate surface area is 105 Å². The fraction of sp³-hybridized carbons (Fsp3) is 0.250. The molecule has 1 aromatic rings. The van der Waals surface area contributed by atoms with E-state index in [1.54, 1.807) is 6.07 Å². The van der Waals surface area contributed by atoms with Crippen molar-refractivity contribution in [2.24, 2.45) is 0 Å². The first-order valence-electron chi connectivity index (χ1n) is 5.14. The van der Waals surface area contributed by atoms with Gasteiger partial charge in [-0.15, -0.1) is 12.3 Å². The minimum absolute atomic E-state index is 0.147. The summed E-state index contributed by atoms with van der Waals surface area (Å²) < 4.78 is 39.2. The van der Waals surface area contributed by atoms with Gasteiger partial charge in [-0.1, -0.05) is 6.07 Å². The molecule has 0 aliphatic carbocycles. The van der Waals surface area contributed by atoms with Crippen LogP contribution in [0.4, 0.5) is 4.39 Å². The fourth-order valence-corrected chi connectivity index (χ4v) is 2.55. The van der Waals surface area contributed by atoms with E-state index in [-0.39, 0.29) is 11.4 Å². The van der Waals surface area contributed by atoms with Gasteiger partial charge in [0.25, 0.3) is 0 Å². The highest BCUT2D eigenvalue weighted by molar-refractivity contribution is 7.89. The Morgan fingerprint density at radius 1 is 1.44 bits per heavy atom. The predicted octanol–water partition coefficient (Wildman–Crippen LogP) is 1.39. The molecule has 0 saturated heterocycles. The van der Waals surface area contributed by atoms with Crippen LogP contribution in [0.5, 0.6) is 0 Å². The lowest BCUT2D eigenvalue weighted by molar-refractivity contribution is 0.575. The molecule has 1 aromatic carbocycles. The van der Waals surface area contributed by atoms with Gasteiger partial charge in [0.15, 0.2) is 0 Å². The number of nitriles is 1. The van der Waals surface area contributed by atoms with Gasteiger partial charge >= 0.3 is 0 Å². The Morgan fingerprint density at radius 3 is 2.78 bits per heavy atom. The molecule has 0 radical (unpaired) electrons. The van der Waals surface area contributed by atoms with Crippen LogP contribution in [0.3, 0.4) is 0 Å². The number of sulfonamides is 1. The Bertz CT molecular complexity index is 612. The van der Waals surface area contributed by atoms with E-state index in [0.29, 0.717) is 12.8 Å². The molecule has 1 rings (SSSR count). The van der Waals surface area contributed by atoms with E-state index in [1.807, 2.05) is 0 Å². The van der Waals surface area contributed by atoms with E-state index in [2.05, 4.69) is 10.6 Å². The minimum Gasteiger partial charge on any atom is -0.211 e. The van der Waals surface area contributed by atoms with E-state index in [9.17, 15) is 12.8 Å². The van der Waals surface area contributed by atoms with Crippen LogP contribution in [0, 0.1) is 29.5 Å². The lowest BCUT2D eigenvalue weighted by Crippen LogP contribution is -2.25. The topological polar surface area (TPSA) is 70.0 Å². The third-order valence-corrected chi connectivity index (χ3v) is 3.67. The lowest BCUT2D eigenvalue weighted by Gasteiger charge is -2.07. The van der Waals surface area contributed by atoms with Crippen molar-refractivity contribution in [2.45, 2.75) is 17.7 Å². The van der Waals surface area contributed by atoms with Gasteiger partial charge in [0.2, 0.25) is 10.0 Å². The van der Waals surface area contributed by atoms with E-state index in [0.717, 1.165) is 6.07 Å². The second-order valence-electron chi connectivity index (χ2n) is 3.43. The van der Waals surface area contributed by atoms with Crippen LogP contribution in [-0.2, 0) is 10.0 Å². The zero-order valence-corrected chi connectivity index (χ0v) is 10.3. The van der Waals surface area contributed by atoms with Gasteiger partial charge in [0.05, 0.1) is 0 Å². The molecule has 0 aliphatic heterocycles. The molecule has 0 heterocycles. The Kier molecular flexibility index (Phi) is 4.85. The normalized spacial score (nSPS) is 10.6. The van der Waals surface area contributed by atoms with E-state index in [1.165, 1.54) is 12.1 Å². The number of hydrogen-bond acceptors (Lipinski definition) is 3. The molecule has 0 amide bonds. The predicted molar refractivity (Wildman–Crippen MR) is 64.4 cm³/mol. The van der Waals surface area contributed by atoms with Crippen molar-refractivity contribution in [1.29, 1.82) is 5.26 Å². The molecule has 0 saturated carbocycles. The van der Waals surface area contributed by atoms with Crippen LogP contribution in [0.1, 0.15) is 18.4 Å². The number of terminal acetylenes is 1. The van der Waals surface area contributed by atoms with Crippen molar-refractivity contribution < 1.29 is 12.8 Å². The molecule has 0 aromatic heterocycles. The second-order valence-corrected chi connectivity index (χ2v) is 5.17. The van der Waals surface area contributed by atoms with Crippen molar-refractivity contribution in [3.63, 3.8) is 0 Å². The smallest absolute Gasteiger partial charge is 0.211 e. The quantitative estimate of drug-likeness (QED) is 0.646. The first-order chi connectivity index (χ1) is 8.53. The largest absolute Gasteiger partial charge is 0.241 e. The number of nitrogens with one attached hydrogen (secondary N) is 1. The molecule has 0 spiro atoms. The molecule has 6 heteroatoms. The van der Waals surface area contributed by atoms with Crippen molar-refractivity contribution in [2.75, 3.05) is 6.54 Å². The first kappa shape index (κ1) is 14.2. The summed E-state index contributed by atoms with van der Waals surface area (Å²) in [6.45, 7) is 0.147. The standard InChI is InChI=1S/C12H11FN2O2S/c1-2-3-4-8-15-18(16,17)12-7-5-6-11(13)10(12)9-14/h1,5-7,15H,3-4,8H2. The lowest BCUT2D eigenvalue weighted by atomic mass is 10.2. The summed E-state index contributed by atoms with van der Waals surface area (Å²) >= 11 is 0. The van der Waals surface area contributed by atoms with E-state index >= 15 is 0 Å². The maximum atomic E-state index is 13.3. The average Bonchev–Trinajstić information content (AvgIpc) is 2.34. The fourth-order valence-electron chi connectivity index (χ4n) is 1.31. The number of hydrogen-bond donors (Lipinski definition) is 1. The van der Waals surface area contributed by atoms with Crippen molar-refractivity contribution in [3.05, 3.63) is 29.6 Å². The molecule has 0 fully saturated rings. The van der Waals surface area contributed by atoms with Gasteiger partial charge in [-0.05, 0) is 18.6 Å². The van der Waals surface area contributed by atoms with Crippen molar-refractivity contribution in [1.82, 2.24) is 4.72 Å². The molecule has 0 bridgehead atoms. The van der Waals surface area contributed by atoms with E-state index in [4.69, 9.17) is 11.7 Å². The number of halogens is 1. The number of unbranched alkanes of at least 4 members (excludes halogenated alkanes) is 1. The Hall–Kier alpha value is -1.89. The third kappa shape index (κ3) is 3.30. The third-order valence-electron chi connectivity index (χ3n) is 2.17. The number of nitrogens with zero attached hydrogens (tertiary/aromatic N) is 1. The van der Waals surface area contributed by atoms with Gasteiger partial charge < -0.3 is 0 Å². The zero-order chi connectivity index (χ0) is 13.6. The summed E-state index contributed by atoms with van der Waals surface area (Å²) in [5, 5.41) is 8.76. The van der Waals surface area contributed by atoms with Crippen LogP contribution in [-0.4, -0.2) is 15.0 Å². The molecule has 4 nitrogen and oxygen atoms in total. The van der Waals surface area contributed by atoms with Gasteiger partial charge in [-0.2, -0.15) is 5.26 Å². The highest BCUT2D eigenvalue weighted by Crippen LogP contribution is 2.17. The van der Waals surface area contributed by atoms with Gasteiger partial charge in [0.1, 0.15) is 22.3 Å². The summed E-state index contributed by atoms with van der Waals surface area (Å²) in [7, 11) is -3.89. The Morgan fingerprint density at radius 2 is 2.17 bits per heavy atom. The summed E-state index contributed by atoms with van der Waals surface area (Å²) in [6.07, 6.45) is 5.96. The Balaban J connectivity index is 2.97. The van der Waals surface area contributed by atoms with Crippen LogP contribution in [0.25, 0.3) is 0 Å². The maximum absolute atomic E-state index is 13.3. The SMILES string of the molecule is C#CCCCNS(=O)(=O)c1cccc(F)c1C#N. The van der Waals surface area contributed by atoms with Crippen molar-refractivity contribution in [3.8, 4) is 18.4 Å². The molecular weight excluding hydrogens is 255 g/mol. The summed E-state index contributed by atoms with van der Waals surface area (Å²) in [6, 6.07) is 5.01. The highest BCUT2D eigenvalue weighted by Gasteiger charge is 2.20. The highest BCUT2D eigenvalue weighted by atomic mass is 32.2. The molecule has 0 aliphatic rings. The van der Waals surface area contributed by atoms with Gasteiger partial charge in [-0.25, -0.2) is 17.5 Å². The van der Waals surface area contributed by atoms with Crippen molar-refractivity contribution >= 4 is 10.0 Å². The van der Waals surface area contributed by atoms with Gasteiger partial charge in [0, 0.05) is 13.0 Å². The molecule has 94 valence electrons. The molecular formula is C12H11FN2O2S. The molecule has 0 atom stereocenters. The summed E-state index contributed by atoms with van der Waals surface area (Å²) in [5.74, 6) is 1.52. The molecule has 18 heavy (non-hydrogen) atoms. The summed E-state index contributed by atoms with van der Waals surface area (Å²) in [4.78, 5) is -0.356. The second kappa shape index (κ2) is 6.15.